The Hall–Kier alpha value is -2.04. The van der Waals surface area contributed by atoms with Crippen molar-refractivity contribution in [2.75, 3.05) is 26.2 Å². The number of hydrogen-bond acceptors (Lipinski definition) is 2. The zero-order valence-corrected chi connectivity index (χ0v) is 16.5. The predicted molar refractivity (Wildman–Crippen MR) is 106 cm³/mol. The van der Waals surface area contributed by atoms with Crippen LogP contribution in [0.4, 0.5) is 4.79 Å². The fourth-order valence-corrected chi connectivity index (χ4v) is 5.21. The maximum atomic E-state index is 12.6. The Labute approximate surface area is 162 Å². The molecule has 0 saturated carbocycles. The van der Waals surface area contributed by atoms with Gasteiger partial charge in [-0.05, 0) is 56.1 Å². The van der Waals surface area contributed by atoms with Gasteiger partial charge in [0.2, 0.25) is 5.91 Å². The lowest BCUT2D eigenvalue weighted by molar-refractivity contribution is -0.129. The van der Waals surface area contributed by atoms with Gasteiger partial charge < -0.3 is 15.1 Å². The maximum Gasteiger partial charge on any atom is 0.317 e. The van der Waals surface area contributed by atoms with Crippen molar-refractivity contribution in [3.63, 3.8) is 0 Å². The topological polar surface area (TPSA) is 52.7 Å². The van der Waals surface area contributed by atoms with E-state index in [-0.39, 0.29) is 29.3 Å². The number of likely N-dealkylation sites (tertiary alicyclic amines) is 2. The molecule has 0 bridgehead atoms. The minimum absolute atomic E-state index is 0.0339. The molecule has 0 unspecified atom stereocenters. The third-order valence-electron chi connectivity index (χ3n) is 6.87. The molecule has 3 aliphatic rings. The first-order valence-electron chi connectivity index (χ1n) is 10.4. The van der Waals surface area contributed by atoms with Gasteiger partial charge in [0.1, 0.15) is 0 Å². The number of nitrogens with zero attached hydrogens (tertiary/aromatic N) is 2. The zero-order chi connectivity index (χ0) is 19.0. The third kappa shape index (κ3) is 3.44. The van der Waals surface area contributed by atoms with Crippen LogP contribution in [0.2, 0.25) is 0 Å². The molecule has 2 saturated heterocycles. The van der Waals surface area contributed by atoms with E-state index in [1.807, 2.05) is 23.6 Å². The highest BCUT2D eigenvalue weighted by molar-refractivity contribution is 5.79. The molecule has 4 rings (SSSR count). The number of rotatable bonds is 3. The number of amides is 3. The summed E-state index contributed by atoms with van der Waals surface area (Å²) in [7, 11) is 0. The van der Waals surface area contributed by atoms with Crippen molar-refractivity contribution in [2.45, 2.75) is 57.4 Å². The normalized spacial score (nSPS) is 24.0. The van der Waals surface area contributed by atoms with Gasteiger partial charge in [-0.3, -0.25) is 4.79 Å². The fraction of sp³-hybridized carbons (Fsp3) is 0.636. The summed E-state index contributed by atoms with van der Waals surface area (Å²) in [4.78, 5) is 28.5. The van der Waals surface area contributed by atoms with Gasteiger partial charge >= 0.3 is 6.03 Å². The Morgan fingerprint density at radius 3 is 2.67 bits per heavy atom. The predicted octanol–water partition coefficient (Wildman–Crippen LogP) is 2.93. The van der Waals surface area contributed by atoms with Crippen LogP contribution in [0.3, 0.4) is 0 Å². The molecule has 3 amide bonds. The molecule has 1 atom stereocenters. The lowest BCUT2D eigenvalue weighted by atomic mass is 9.74. The van der Waals surface area contributed by atoms with Crippen LogP contribution in [-0.2, 0) is 16.6 Å². The second-order valence-electron chi connectivity index (χ2n) is 8.82. The van der Waals surface area contributed by atoms with Gasteiger partial charge in [0, 0.05) is 44.6 Å². The van der Waals surface area contributed by atoms with E-state index in [2.05, 4.69) is 29.6 Å². The Balaban J connectivity index is 1.28. The monoisotopic (exact) mass is 369 g/mol. The molecule has 0 radical (unpaired) electrons. The summed E-state index contributed by atoms with van der Waals surface area (Å²) in [6.45, 7) is 7.09. The van der Waals surface area contributed by atoms with E-state index in [1.165, 1.54) is 24.0 Å². The smallest absolute Gasteiger partial charge is 0.317 e. The molecule has 27 heavy (non-hydrogen) atoms. The zero-order valence-electron chi connectivity index (χ0n) is 16.5. The molecule has 2 fully saturated rings. The van der Waals surface area contributed by atoms with Crippen LogP contribution >= 0.6 is 0 Å². The molecular weight excluding hydrogens is 338 g/mol. The van der Waals surface area contributed by atoms with Gasteiger partial charge in [-0.15, -0.1) is 0 Å². The number of hydrogen-bond donors (Lipinski definition) is 1. The average Bonchev–Trinajstić information content (AvgIpc) is 3.22. The summed E-state index contributed by atoms with van der Waals surface area (Å²) in [5.41, 5.74) is 3.29. The van der Waals surface area contributed by atoms with Crippen LogP contribution in [0.1, 0.15) is 50.7 Å². The highest BCUT2D eigenvalue weighted by Gasteiger charge is 2.41. The molecule has 1 aliphatic carbocycles. The van der Waals surface area contributed by atoms with E-state index in [0.29, 0.717) is 13.0 Å². The van der Waals surface area contributed by atoms with Crippen LogP contribution in [0, 0.1) is 5.92 Å². The lowest BCUT2D eigenvalue weighted by Gasteiger charge is -2.40. The van der Waals surface area contributed by atoms with Gasteiger partial charge in [-0.1, -0.05) is 24.3 Å². The van der Waals surface area contributed by atoms with Gasteiger partial charge in [-0.2, -0.15) is 0 Å². The van der Waals surface area contributed by atoms with Crippen LogP contribution in [0.5, 0.6) is 0 Å². The van der Waals surface area contributed by atoms with Gasteiger partial charge in [0.05, 0.1) is 0 Å². The molecule has 146 valence electrons. The Morgan fingerprint density at radius 2 is 1.96 bits per heavy atom. The van der Waals surface area contributed by atoms with E-state index >= 15 is 0 Å². The number of nitrogens with one attached hydrogen (secondary N) is 1. The summed E-state index contributed by atoms with van der Waals surface area (Å²) < 4.78 is 0. The van der Waals surface area contributed by atoms with Crippen molar-refractivity contribution in [3.05, 3.63) is 35.4 Å². The summed E-state index contributed by atoms with van der Waals surface area (Å²) in [6, 6.07) is 9.10. The third-order valence-corrected chi connectivity index (χ3v) is 6.87. The van der Waals surface area contributed by atoms with Gasteiger partial charge in [-0.25, -0.2) is 4.79 Å². The summed E-state index contributed by atoms with van der Waals surface area (Å²) >= 11 is 0. The molecule has 1 spiro atoms. The number of urea groups is 1. The number of carbonyl (C=O) groups excluding carboxylic acids is 2. The van der Waals surface area contributed by atoms with Crippen molar-refractivity contribution >= 4 is 11.9 Å². The van der Waals surface area contributed by atoms with Crippen LogP contribution in [-0.4, -0.2) is 54.0 Å². The van der Waals surface area contributed by atoms with Crippen LogP contribution in [0.25, 0.3) is 0 Å². The summed E-state index contributed by atoms with van der Waals surface area (Å²) in [5, 5.41) is 3.08. The molecule has 0 aromatic heterocycles. The van der Waals surface area contributed by atoms with Crippen molar-refractivity contribution in [2.24, 2.45) is 5.92 Å². The standard InChI is InChI=1S/C22H31N3O2/c1-16(2)25-15-17(13-20(25)26)14-23-21(27)24-11-9-22(10-12-24)8-7-18-5-3-4-6-19(18)22/h3-6,16-17H,7-15H2,1-2H3,(H,23,27)/t17-/m1/s1. The number of benzene rings is 1. The van der Waals surface area contributed by atoms with Crippen LogP contribution in [0.15, 0.2) is 24.3 Å². The minimum Gasteiger partial charge on any atom is -0.340 e. The Kier molecular flexibility index (Phi) is 4.87. The molecular formula is C22H31N3O2. The van der Waals surface area contributed by atoms with E-state index in [0.717, 1.165) is 32.5 Å². The van der Waals surface area contributed by atoms with Gasteiger partial charge in [0.25, 0.3) is 0 Å². The van der Waals surface area contributed by atoms with E-state index in [4.69, 9.17) is 0 Å². The molecule has 1 N–H and O–H groups in total. The second kappa shape index (κ2) is 7.17. The number of carbonyl (C=O) groups is 2. The number of piperidine rings is 1. The van der Waals surface area contributed by atoms with E-state index in [9.17, 15) is 9.59 Å². The Bertz CT molecular complexity index is 722. The lowest BCUT2D eigenvalue weighted by Crippen LogP contribution is -2.49. The highest BCUT2D eigenvalue weighted by atomic mass is 16.2. The van der Waals surface area contributed by atoms with Crippen molar-refractivity contribution in [1.29, 1.82) is 0 Å². The highest BCUT2D eigenvalue weighted by Crippen LogP contribution is 2.46. The minimum atomic E-state index is 0.0339. The molecule has 5 heteroatoms. The van der Waals surface area contributed by atoms with Gasteiger partial charge in [0.15, 0.2) is 0 Å². The average molecular weight is 370 g/mol. The SMILES string of the molecule is CC(C)N1C[C@@H](CNC(=O)N2CCC3(CCc4ccccc43)CC2)CC1=O. The maximum absolute atomic E-state index is 12.6. The van der Waals surface area contributed by atoms with E-state index in [1.54, 1.807) is 0 Å². The molecule has 5 nitrogen and oxygen atoms in total. The fourth-order valence-electron chi connectivity index (χ4n) is 5.21. The van der Waals surface area contributed by atoms with Crippen molar-refractivity contribution in [3.8, 4) is 0 Å². The largest absolute Gasteiger partial charge is 0.340 e. The van der Waals surface area contributed by atoms with Crippen molar-refractivity contribution in [1.82, 2.24) is 15.1 Å². The molecule has 1 aromatic carbocycles. The summed E-state index contributed by atoms with van der Waals surface area (Å²) in [6.07, 6.45) is 5.06. The first-order chi connectivity index (χ1) is 13.0. The molecule has 1 aromatic rings. The summed E-state index contributed by atoms with van der Waals surface area (Å²) in [5.74, 6) is 0.450. The van der Waals surface area contributed by atoms with E-state index < -0.39 is 0 Å². The van der Waals surface area contributed by atoms with Crippen molar-refractivity contribution < 1.29 is 9.59 Å². The second-order valence-corrected chi connectivity index (χ2v) is 8.82. The Morgan fingerprint density at radius 1 is 1.22 bits per heavy atom. The molecule has 2 heterocycles. The first-order valence-corrected chi connectivity index (χ1v) is 10.4. The van der Waals surface area contributed by atoms with Crippen LogP contribution < -0.4 is 5.32 Å². The quantitative estimate of drug-likeness (QED) is 0.891. The first kappa shape index (κ1) is 18.3. The molecule has 2 aliphatic heterocycles. The number of fused-ring (bicyclic) bond motifs is 2. The number of aryl methyl sites for hydroxylation is 1.